The predicted octanol–water partition coefficient (Wildman–Crippen LogP) is 12.9. The number of fused-ring (bicyclic) bond motifs is 7. The Hall–Kier alpha value is -1.59. The van der Waals surface area contributed by atoms with E-state index in [4.69, 9.17) is 14.2 Å². The molecule has 60 heavy (non-hydrogen) atoms. The third-order valence-corrected chi connectivity index (χ3v) is 21.8. The maximum absolute atomic E-state index is 13.1. The molecule has 0 radical (unpaired) electrons. The van der Waals surface area contributed by atoms with Crippen molar-refractivity contribution in [3.63, 3.8) is 0 Å². The van der Waals surface area contributed by atoms with E-state index in [-0.39, 0.29) is 46.4 Å². The van der Waals surface area contributed by atoms with Crippen molar-refractivity contribution in [3.8, 4) is 0 Å². The van der Waals surface area contributed by atoms with Crippen LogP contribution in [0.3, 0.4) is 0 Å². The summed E-state index contributed by atoms with van der Waals surface area (Å²) < 4.78 is 18.0. The molecule has 6 bridgehead atoms. The van der Waals surface area contributed by atoms with E-state index in [2.05, 4.69) is 41.5 Å². The van der Waals surface area contributed by atoms with E-state index < -0.39 is 0 Å². The van der Waals surface area contributed by atoms with Gasteiger partial charge in [-0.05, 0) is 198 Å². The Labute approximate surface area is 365 Å². The lowest BCUT2D eigenvalue weighted by molar-refractivity contribution is -0.176. The quantitative estimate of drug-likeness (QED) is 0.196. The molecule has 10 aliphatic carbocycles. The predicted molar refractivity (Wildman–Crippen MR) is 236 cm³/mol. The van der Waals surface area contributed by atoms with Crippen LogP contribution in [-0.2, 0) is 28.6 Å². The number of esters is 3. The summed E-state index contributed by atoms with van der Waals surface area (Å²) in [5, 5.41) is 0. The van der Waals surface area contributed by atoms with Gasteiger partial charge in [0.2, 0.25) is 0 Å². The monoisotopic (exact) mass is 831 g/mol. The first-order valence-corrected chi connectivity index (χ1v) is 26.4. The summed E-state index contributed by atoms with van der Waals surface area (Å²) in [6.45, 7) is 14.9. The highest BCUT2D eigenvalue weighted by molar-refractivity contribution is 5.75. The van der Waals surface area contributed by atoms with Crippen LogP contribution in [0.15, 0.2) is 0 Å². The molecule has 1 saturated heterocycles. The van der Waals surface area contributed by atoms with Crippen LogP contribution in [0.25, 0.3) is 0 Å². The van der Waals surface area contributed by atoms with E-state index in [1.165, 1.54) is 116 Å². The van der Waals surface area contributed by atoms with Gasteiger partial charge >= 0.3 is 17.9 Å². The maximum atomic E-state index is 13.1. The number of rotatable bonds is 6. The minimum absolute atomic E-state index is 0.0393. The van der Waals surface area contributed by atoms with Crippen molar-refractivity contribution < 1.29 is 28.6 Å². The van der Waals surface area contributed by atoms with Crippen molar-refractivity contribution >= 4 is 17.9 Å². The van der Waals surface area contributed by atoms with Crippen LogP contribution in [0.5, 0.6) is 0 Å². The molecule has 6 nitrogen and oxygen atoms in total. The SMILES string of the molecule is CC1C2CC(C(=O)OC3(C4CCCCC4)CCCC3)C(C2)C1C.CC1C2CC(C(=O)OC3(C4CCCCC4)CCCC3)C(C2)C1C.CC1C2CC(C1C)C1(COC(=O)C1)C2. The number of ether oxygens (including phenoxy) is 3. The summed E-state index contributed by atoms with van der Waals surface area (Å²) in [4.78, 5) is 37.4. The molecule has 15 unspecified atom stereocenters. The molecule has 0 aromatic rings. The maximum Gasteiger partial charge on any atom is 0.309 e. The van der Waals surface area contributed by atoms with Crippen LogP contribution in [0.2, 0.25) is 0 Å². The number of hydrogen-bond donors (Lipinski definition) is 0. The fraction of sp³-hybridized carbons (Fsp3) is 0.944. The molecule has 1 aliphatic heterocycles. The molecule has 0 N–H and O–H groups in total. The first-order chi connectivity index (χ1) is 28.8. The second kappa shape index (κ2) is 17.4. The lowest BCUT2D eigenvalue weighted by Gasteiger charge is -2.41. The van der Waals surface area contributed by atoms with Gasteiger partial charge in [-0.25, -0.2) is 0 Å². The van der Waals surface area contributed by atoms with Crippen molar-refractivity contribution in [1.29, 1.82) is 0 Å². The first-order valence-electron chi connectivity index (χ1n) is 26.4. The van der Waals surface area contributed by atoms with Crippen molar-refractivity contribution in [2.75, 3.05) is 6.61 Å². The van der Waals surface area contributed by atoms with Gasteiger partial charge in [0, 0.05) is 5.41 Å². The molecule has 338 valence electrons. The van der Waals surface area contributed by atoms with Gasteiger partial charge in [-0.15, -0.1) is 0 Å². The van der Waals surface area contributed by atoms with Crippen LogP contribution < -0.4 is 0 Å². The zero-order valence-electron chi connectivity index (χ0n) is 39.1. The largest absolute Gasteiger partial charge is 0.465 e. The van der Waals surface area contributed by atoms with Gasteiger partial charge in [-0.1, -0.05) is 80.1 Å². The van der Waals surface area contributed by atoms with Crippen LogP contribution in [0, 0.1) is 100 Å². The topological polar surface area (TPSA) is 78.9 Å². The van der Waals surface area contributed by atoms with Gasteiger partial charge in [0.25, 0.3) is 0 Å². The average Bonchev–Trinajstić information content (AvgIpc) is 4.13. The van der Waals surface area contributed by atoms with Crippen LogP contribution in [0.1, 0.15) is 202 Å². The Morgan fingerprint density at radius 3 is 1.30 bits per heavy atom. The van der Waals surface area contributed by atoms with Gasteiger partial charge in [-0.2, -0.15) is 0 Å². The number of carbonyl (C=O) groups excluding carboxylic acids is 3. The van der Waals surface area contributed by atoms with Gasteiger partial charge in [0.1, 0.15) is 11.2 Å². The van der Waals surface area contributed by atoms with E-state index in [1.54, 1.807) is 0 Å². The second-order valence-electron chi connectivity index (χ2n) is 24.2. The molecule has 1 spiro atoms. The number of carbonyl (C=O) groups is 3. The van der Waals surface area contributed by atoms with E-state index >= 15 is 0 Å². The number of cyclic esters (lactones) is 1. The fourth-order valence-corrected chi connectivity index (χ4v) is 17.7. The molecule has 0 aromatic heterocycles. The van der Waals surface area contributed by atoms with E-state index in [1.807, 2.05) is 0 Å². The van der Waals surface area contributed by atoms with Crippen LogP contribution in [-0.4, -0.2) is 35.7 Å². The zero-order chi connectivity index (χ0) is 42.0. The highest BCUT2D eigenvalue weighted by Crippen LogP contribution is 2.64. The highest BCUT2D eigenvalue weighted by atomic mass is 16.6. The van der Waals surface area contributed by atoms with Crippen molar-refractivity contribution in [2.45, 2.75) is 213 Å². The Morgan fingerprint density at radius 1 is 0.517 bits per heavy atom. The summed E-state index contributed by atoms with van der Waals surface area (Å²) >= 11 is 0. The molecule has 10 saturated carbocycles. The van der Waals surface area contributed by atoms with Gasteiger partial charge < -0.3 is 14.2 Å². The second-order valence-corrected chi connectivity index (χ2v) is 24.2. The Morgan fingerprint density at radius 2 is 0.950 bits per heavy atom. The normalized spacial score (nSPS) is 45.9. The first kappa shape index (κ1) is 43.7. The molecule has 15 atom stereocenters. The Balaban J connectivity index is 0.000000119. The summed E-state index contributed by atoms with van der Waals surface area (Å²) in [7, 11) is 0. The molecule has 6 heteroatoms. The molecular formula is C54H86O6. The van der Waals surface area contributed by atoms with Crippen LogP contribution >= 0.6 is 0 Å². The van der Waals surface area contributed by atoms with Crippen molar-refractivity contribution in [2.24, 2.45) is 100 Å². The Kier molecular flexibility index (Phi) is 12.7. The zero-order valence-corrected chi connectivity index (χ0v) is 39.1. The highest BCUT2D eigenvalue weighted by Gasteiger charge is 2.61. The number of hydrogen-bond acceptors (Lipinski definition) is 6. The van der Waals surface area contributed by atoms with Gasteiger partial charge in [-0.3, -0.25) is 14.4 Å². The third kappa shape index (κ3) is 7.86. The minimum atomic E-state index is -0.0752. The van der Waals surface area contributed by atoms with Crippen LogP contribution in [0.4, 0.5) is 0 Å². The molecule has 0 aromatic carbocycles. The Bertz CT molecular complexity index is 1440. The summed E-state index contributed by atoms with van der Waals surface area (Å²) in [5.74, 6) is 11.2. The van der Waals surface area contributed by atoms with E-state index in [0.717, 1.165) is 85.9 Å². The van der Waals surface area contributed by atoms with Crippen molar-refractivity contribution in [1.82, 2.24) is 0 Å². The summed E-state index contributed by atoms with van der Waals surface area (Å²) in [6.07, 6.45) is 30.9. The molecule has 11 aliphatic rings. The fourth-order valence-electron chi connectivity index (χ4n) is 17.7. The smallest absolute Gasteiger partial charge is 0.309 e. The summed E-state index contributed by atoms with van der Waals surface area (Å²) in [6, 6.07) is 0. The summed E-state index contributed by atoms with van der Waals surface area (Å²) in [5.41, 5.74) is 0.107. The van der Waals surface area contributed by atoms with Gasteiger partial charge in [0.05, 0.1) is 24.9 Å². The third-order valence-electron chi connectivity index (χ3n) is 21.8. The van der Waals surface area contributed by atoms with Gasteiger partial charge in [0.15, 0.2) is 0 Å². The van der Waals surface area contributed by atoms with Crippen molar-refractivity contribution in [3.05, 3.63) is 0 Å². The molecule has 1 heterocycles. The molecule has 0 amide bonds. The molecule has 11 fully saturated rings. The molecule has 11 rings (SSSR count). The minimum Gasteiger partial charge on any atom is -0.465 e. The average molecular weight is 831 g/mol. The lowest BCUT2D eigenvalue weighted by atomic mass is 9.65. The lowest BCUT2D eigenvalue weighted by Crippen LogP contribution is -2.44. The standard InChI is InChI=1S/2C21H34O2.C12H18O2/c2*1-14-15(2)18-12-16(14)13-19(18)20(22)23-21(10-6-7-11-21)17-8-4-3-5-9-17;1-7-8(2)10-3-9(7)4-12(10)5-11(13)14-6-12/h2*14-19H,3-13H2,1-2H3;7-10H,3-6H2,1-2H3. The van der Waals surface area contributed by atoms with E-state index in [0.29, 0.717) is 48.5 Å². The van der Waals surface area contributed by atoms with E-state index in [9.17, 15) is 14.4 Å². The molecular weight excluding hydrogens is 745 g/mol.